The molecule has 2 rings (SSSR count). The largest absolute Gasteiger partial charge is 0.496 e. The van der Waals surface area contributed by atoms with Crippen LogP contribution < -0.4 is 4.74 Å². The quantitative estimate of drug-likeness (QED) is 0.836. The van der Waals surface area contributed by atoms with Gasteiger partial charge in [0.25, 0.3) is 5.91 Å². The number of methoxy groups -OCH3 is 2. The molecule has 0 aliphatic carbocycles. The third-order valence-electron chi connectivity index (χ3n) is 3.61. The van der Waals surface area contributed by atoms with Gasteiger partial charge in [-0.3, -0.25) is 4.79 Å². The lowest BCUT2D eigenvalue weighted by Gasteiger charge is -2.22. The highest BCUT2D eigenvalue weighted by molar-refractivity contribution is 6.31. The standard InChI is InChI=1S/C15H19ClN2O4/c1-21-13-5-4-11(16)10-12(13)14(19)17-6-3-7-18(9-8-17)15(20)22-2/h4-5,10H,3,6-9H2,1-2H3. The SMILES string of the molecule is COC(=O)N1CCCN(C(=O)c2cc(Cl)ccc2OC)CC1. The van der Waals surface area contributed by atoms with Gasteiger partial charge in [-0.05, 0) is 24.6 Å². The lowest BCUT2D eigenvalue weighted by atomic mass is 10.1. The van der Waals surface area contributed by atoms with E-state index in [4.69, 9.17) is 21.1 Å². The van der Waals surface area contributed by atoms with Crippen LogP contribution in [0.5, 0.6) is 5.75 Å². The van der Waals surface area contributed by atoms with Gasteiger partial charge in [-0.2, -0.15) is 0 Å². The third kappa shape index (κ3) is 3.62. The number of nitrogens with zero attached hydrogens (tertiary/aromatic N) is 2. The highest BCUT2D eigenvalue weighted by Gasteiger charge is 2.25. The number of carbonyl (C=O) groups is 2. The summed E-state index contributed by atoms with van der Waals surface area (Å²) in [6.45, 7) is 2.04. The highest BCUT2D eigenvalue weighted by Crippen LogP contribution is 2.24. The van der Waals surface area contributed by atoms with Crippen LogP contribution in [-0.2, 0) is 4.74 Å². The minimum absolute atomic E-state index is 0.147. The summed E-state index contributed by atoms with van der Waals surface area (Å²) in [7, 11) is 2.87. The maximum atomic E-state index is 12.7. The van der Waals surface area contributed by atoms with E-state index in [0.29, 0.717) is 48.9 Å². The van der Waals surface area contributed by atoms with Gasteiger partial charge in [-0.25, -0.2) is 4.79 Å². The monoisotopic (exact) mass is 326 g/mol. The van der Waals surface area contributed by atoms with E-state index >= 15 is 0 Å². The summed E-state index contributed by atoms with van der Waals surface area (Å²) in [4.78, 5) is 27.6. The molecule has 0 aromatic heterocycles. The minimum atomic E-state index is -0.366. The van der Waals surface area contributed by atoms with Crippen LogP contribution in [-0.4, -0.2) is 62.2 Å². The number of amides is 2. The van der Waals surface area contributed by atoms with Gasteiger partial charge in [0.2, 0.25) is 0 Å². The molecule has 1 aromatic rings. The molecule has 0 saturated carbocycles. The van der Waals surface area contributed by atoms with Crippen LogP contribution in [0.2, 0.25) is 5.02 Å². The van der Waals surface area contributed by atoms with Crippen LogP contribution in [0.3, 0.4) is 0 Å². The summed E-state index contributed by atoms with van der Waals surface area (Å²) in [5.41, 5.74) is 0.432. The van der Waals surface area contributed by atoms with E-state index < -0.39 is 0 Å². The molecule has 1 heterocycles. The number of carbonyl (C=O) groups excluding carboxylic acids is 2. The average Bonchev–Trinajstić information content (AvgIpc) is 2.79. The van der Waals surface area contributed by atoms with Gasteiger partial charge in [0.1, 0.15) is 5.75 Å². The molecule has 1 saturated heterocycles. The fourth-order valence-corrected chi connectivity index (χ4v) is 2.62. The van der Waals surface area contributed by atoms with Gasteiger partial charge in [-0.15, -0.1) is 0 Å². The van der Waals surface area contributed by atoms with E-state index in [-0.39, 0.29) is 12.0 Å². The second-order valence-electron chi connectivity index (χ2n) is 4.95. The van der Waals surface area contributed by atoms with Crippen molar-refractivity contribution in [2.24, 2.45) is 0 Å². The Morgan fingerprint density at radius 1 is 1.09 bits per heavy atom. The topological polar surface area (TPSA) is 59.1 Å². The van der Waals surface area contributed by atoms with Crippen LogP contribution in [0.4, 0.5) is 4.79 Å². The van der Waals surface area contributed by atoms with Crippen molar-refractivity contribution >= 4 is 23.6 Å². The summed E-state index contributed by atoms with van der Waals surface area (Å²) < 4.78 is 9.95. The zero-order valence-electron chi connectivity index (χ0n) is 12.7. The smallest absolute Gasteiger partial charge is 0.409 e. The maximum Gasteiger partial charge on any atom is 0.409 e. The van der Waals surface area contributed by atoms with Gasteiger partial charge in [0, 0.05) is 31.2 Å². The first kappa shape index (κ1) is 16.4. The van der Waals surface area contributed by atoms with Crippen molar-refractivity contribution in [2.75, 3.05) is 40.4 Å². The van der Waals surface area contributed by atoms with Crippen molar-refractivity contribution in [1.82, 2.24) is 9.80 Å². The van der Waals surface area contributed by atoms with Crippen molar-refractivity contribution in [3.63, 3.8) is 0 Å². The molecule has 1 fully saturated rings. The lowest BCUT2D eigenvalue weighted by Crippen LogP contribution is -2.37. The predicted octanol–water partition coefficient (Wildman–Crippen LogP) is 2.26. The Kier molecular flexibility index (Phi) is 5.49. The number of hydrogen-bond donors (Lipinski definition) is 0. The number of benzene rings is 1. The Hall–Kier alpha value is -1.95. The number of rotatable bonds is 2. The first-order valence-electron chi connectivity index (χ1n) is 7.02. The zero-order valence-corrected chi connectivity index (χ0v) is 13.4. The van der Waals surface area contributed by atoms with Gasteiger partial charge in [0.05, 0.1) is 19.8 Å². The Labute approximate surface area is 134 Å². The summed E-state index contributed by atoms with van der Waals surface area (Å²) >= 11 is 5.98. The molecule has 0 bridgehead atoms. The Morgan fingerprint density at radius 2 is 1.77 bits per heavy atom. The van der Waals surface area contributed by atoms with Crippen molar-refractivity contribution in [2.45, 2.75) is 6.42 Å². The number of halogens is 1. The lowest BCUT2D eigenvalue weighted by molar-refractivity contribution is 0.0754. The predicted molar refractivity (Wildman–Crippen MR) is 82.5 cm³/mol. The molecular weight excluding hydrogens is 308 g/mol. The van der Waals surface area contributed by atoms with Crippen LogP contribution >= 0.6 is 11.6 Å². The summed E-state index contributed by atoms with van der Waals surface area (Å²) in [5, 5.41) is 0.482. The Balaban J connectivity index is 2.13. The molecular formula is C15H19ClN2O4. The molecule has 1 aliphatic heterocycles. The van der Waals surface area contributed by atoms with Gasteiger partial charge in [-0.1, -0.05) is 11.6 Å². The van der Waals surface area contributed by atoms with Crippen molar-refractivity contribution in [3.8, 4) is 5.75 Å². The first-order valence-corrected chi connectivity index (χ1v) is 7.40. The molecule has 1 aromatic carbocycles. The van der Waals surface area contributed by atoms with E-state index in [2.05, 4.69) is 0 Å². The van der Waals surface area contributed by atoms with Gasteiger partial charge < -0.3 is 19.3 Å². The molecule has 0 radical (unpaired) electrons. The normalized spacial score (nSPS) is 15.2. The molecule has 0 N–H and O–H groups in total. The maximum absolute atomic E-state index is 12.7. The molecule has 2 amide bonds. The minimum Gasteiger partial charge on any atom is -0.496 e. The first-order chi connectivity index (χ1) is 10.6. The molecule has 6 nitrogen and oxygen atoms in total. The van der Waals surface area contributed by atoms with Gasteiger partial charge in [0.15, 0.2) is 0 Å². The molecule has 7 heteroatoms. The fourth-order valence-electron chi connectivity index (χ4n) is 2.45. The Bertz CT molecular complexity index is 564. The second kappa shape index (κ2) is 7.35. The fraction of sp³-hybridized carbons (Fsp3) is 0.467. The number of ether oxygens (including phenoxy) is 2. The third-order valence-corrected chi connectivity index (χ3v) is 3.84. The highest BCUT2D eigenvalue weighted by atomic mass is 35.5. The Morgan fingerprint density at radius 3 is 2.45 bits per heavy atom. The van der Waals surface area contributed by atoms with Crippen molar-refractivity contribution in [1.29, 1.82) is 0 Å². The van der Waals surface area contributed by atoms with Crippen LogP contribution in [0.15, 0.2) is 18.2 Å². The number of hydrogen-bond acceptors (Lipinski definition) is 4. The van der Waals surface area contributed by atoms with Gasteiger partial charge >= 0.3 is 6.09 Å². The summed E-state index contributed by atoms with van der Waals surface area (Å²) in [6, 6.07) is 4.96. The molecule has 1 aliphatic rings. The van der Waals surface area contributed by atoms with E-state index in [1.807, 2.05) is 0 Å². The van der Waals surface area contributed by atoms with E-state index in [9.17, 15) is 9.59 Å². The molecule has 0 unspecified atom stereocenters. The zero-order chi connectivity index (χ0) is 16.1. The summed E-state index contributed by atoms with van der Waals surface area (Å²) in [6.07, 6.45) is 0.332. The molecule has 22 heavy (non-hydrogen) atoms. The van der Waals surface area contributed by atoms with E-state index in [1.165, 1.54) is 14.2 Å². The average molecular weight is 327 g/mol. The van der Waals surface area contributed by atoms with E-state index in [1.54, 1.807) is 28.0 Å². The van der Waals surface area contributed by atoms with Crippen LogP contribution in [0.25, 0.3) is 0 Å². The molecule has 0 atom stereocenters. The van der Waals surface area contributed by atoms with Crippen LogP contribution in [0.1, 0.15) is 16.8 Å². The van der Waals surface area contributed by atoms with Crippen molar-refractivity contribution in [3.05, 3.63) is 28.8 Å². The van der Waals surface area contributed by atoms with Crippen LogP contribution in [0, 0.1) is 0 Å². The summed E-state index contributed by atoms with van der Waals surface area (Å²) in [5.74, 6) is 0.342. The van der Waals surface area contributed by atoms with E-state index in [0.717, 1.165) is 0 Å². The van der Waals surface area contributed by atoms with Crippen molar-refractivity contribution < 1.29 is 19.1 Å². The second-order valence-corrected chi connectivity index (χ2v) is 5.38. The molecule has 0 spiro atoms. The molecule has 120 valence electrons.